The summed E-state index contributed by atoms with van der Waals surface area (Å²) in [4.78, 5) is 12.8. The van der Waals surface area contributed by atoms with Crippen molar-refractivity contribution in [3.63, 3.8) is 0 Å². The molecule has 0 aromatic rings. The van der Waals surface area contributed by atoms with Crippen molar-refractivity contribution in [1.29, 1.82) is 0 Å². The Morgan fingerprint density at radius 3 is 2.11 bits per heavy atom. The first-order valence-electron chi connectivity index (χ1n) is 14.0. The highest BCUT2D eigenvalue weighted by Crippen LogP contribution is 2.75. The molecule has 10 atom stereocenters. The number of carboxylic acid groups (broad SMARTS) is 1. The molecule has 5 aliphatic carbocycles. The Kier molecular flexibility index (Phi) is 5.40. The molecule has 198 valence electrons. The molecule has 0 spiro atoms. The zero-order chi connectivity index (χ0) is 26.0. The van der Waals surface area contributed by atoms with Crippen molar-refractivity contribution < 1.29 is 25.2 Å². The van der Waals surface area contributed by atoms with Crippen molar-refractivity contribution in [3.05, 3.63) is 11.6 Å². The minimum atomic E-state index is -0.877. The van der Waals surface area contributed by atoms with Gasteiger partial charge in [-0.3, -0.25) is 4.79 Å². The average Bonchev–Trinajstić information content (AvgIpc) is 2.75. The molecule has 4 saturated carbocycles. The first kappa shape index (κ1) is 25.7. The molecule has 0 bridgehead atoms. The lowest BCUT2D eigenvalue weighted by atomic mass is 9.33. The Morgan fingerprint density at radius 1 is 0.857 bits per heavy atom. The molecule has 4 N–H and O–H groups in total. The van der Waals surface area contributed by atoms with Crippen LogP contribution in [0.1, 0.15) is 99.8 Å². The predicted octanol–water partition coefficient (Wildman–Crippen LogP) is 5.18. The van der Waals surface area contributed by atoms with E-state index in [0.29, 0.717) is 31.1 Å². The number of hydrogen-bond donors (Lipinski definition) is 4. The Balaban J connectivity index is 1.63. The number of aliphatic carboxylic acids is 1. The zero-order valence-electron chi connectivity index (χ0n) is 22.9. The number of carboxylic acids is 1. The zero-order valence-corrected chi connectivity index (χ0v) is 22.9. The third kappa shape index (κ3) is 2.95. The van der Waals surface area contributed by atoms with Crippen molar-refractivity contribution in [1.82, 2.24) is 0 Å². The molecule has 5 heteroatoms. The van der Waals surface area contributed by atoms with E-state index in [0.717, 1.165) is 32.1 Å². The highest BCUT2D eigenvalue weighted by atomic mass is 16.4. The number of hydrogen-bond acceptors (Lipinski definition) is 4. The summed E-state index contributed by atoms with van der Waals surface area (Å²) in [5.41, 5.74) is -0.684. The summed E-state index contributed by atoms with van der Waals surface area (Å²) >= 11 is 0. The van der Waals surface area contributed by atoms with E-state index < -0.39 is 29.7 Å². The van der Waals surface area contributed by atoms with E-state index in [4.69, 9.17) is 0 Å². The van der Waals surface area contributed by atoms with Gasteiger partial charge in [0, 0.05) is 5.92 Å². The molecule has 0 aromatic carbocycles. The normalized spacial score (nSPS) is 54.4. The smallest absolute Gasteiger partial charge is 0.310 e. The molecule has 0 saturated heterocycles. The molecule has 5 aliphatic rings. The molecule has 0 heterocycles. The van der Waals surface area contributed by atoms with Gasteiger partial charge in [-0.15, -0.1) is 0 Å². The molecule has 0 aliphatic heterocycles. The van der Waals surface area contributed by atoms with E-state index in [1.807, 2.05) is 0 Å². The monoisotopic (exact) mass is 488 g/mol. The maximum atomic E-state index is 12.8. The summed E-state index contributed by atoms with van der Waals surface area (Å²) in [6.45, 7) is 15.6. The van der Waals surface area contributed by atoms with E-state index in [1.165, 1.54) is 5.57 Å². The molecule has 4 fully saturated rings. The van der Waals surface area contributed by atoms with Gasteiger partial charge in [0.05, 0.1) is 23.7 Å². The minimum absolute atomic E-state index is 0.0492. The number of aliphatic hydroxyl groups is 3. The van der Waals surface area contributed by atoms with E-state index >= 15 is 0 Å². The van der Waals surface area contributed by atoms with Crippen LogP contribution in [0.2, 0.25) is 0 Å². The van der Waals surface area contributed by atoms with Crippen LogP contribution < -0.4 is 0 Å². The van der Waals surface area contributed by atoms with Crippen molar-refractivity contribution >= 4 is 5.97 Å². The van der Waals surface area contributed by atoms with Crippen LogP contribution in [0.25, 0.3) is 0 Å². The average molecular weight is 489 g/mol. The van der Waals surface area contributed by atoms with Gasteiger partial charge in [0.2, 0.25) is 0 Å². The first-order valence-corrected chi connectivity index (χ1v) is 14.0. The summed E-state index contributed by atoms with van der Waals surface area (Å²) in [5, 5.41) is 44.1. The highest BCUT2D eigenvalue weighted by Gasteiger charge is 2.71. The van der Waals surface area contributed by atoms with Crippen LogP contribution >= 0.6 is 0 Å². The number of rotatable bonds is 1. The number of fused-ring (bicyclic) bond motifs is 7. The Hall–Kier alpha value is -0.910. The van der Waals surface area contributed by atoms with E-state index in [9.17, 15) is 25.2 Å². The van der Waals surface area contributed by atoms with Gasteiger partial charge in [0.25, 0.3) is 0 Å². The largest absolute Gasteiger partial charge is 0.481 e. The van der Waals surface area contributed by atoms with E-state index in [-0.39, 0.29) is 33.0 Å². The van der Waals surface area contributed by atoms with Crippen LogP contribution in [-0.4, -0.2) is 44.7 Å². The van der Waals surface area contributed by atoms with Crippen LogP contribution in [-0.2, 0) is 4.79 Å². The minimum Gasteiger partial charge on any atom is -0.481 e. The van der Waals surface area contributed by atoms with Crippen molar-refractivity contribution in [3.8, 4) is 0 Å². The number of allylic oxidation sites excluding steroid dienone is 1. The first-order chi connectivity index (χ1) is 16.0. The summed E-state index contributed by atoms with van der Waals surface area (Å²) in [6.07, 6.45) is 6.54. The number of carbonyl (C=O) groups is 1. The lowest BCUT2D eigenvalue weighted by Gasteiger charge is -2.71. The predicted molar refractivity (Wildman–Crippen MR) is 135 cm³/mol. The molecule has 0 amide bonds. The fraction of sp³-hybridized carbons (Fsp3) is 0.900. The van der Waals surface area contributed by atoms with Gasteiger partial charge in [-0.25, -0.2) is 0 Å². The summed E-state index contributed by atoms with van der Waals surface area (Å²) in [7, 11) is 0. The highest BCUT2D eigenvalue weighted by molar-refractivity contribution is 5.77. The van der Waals surface area contributed by atoms with Crippen molar-refractivity contribution in [2.24, 2.45) is 50.2 Å². The molecule has 0 radical (unpaired) electrons. The molecule has 5 rings (SSSR count). The van der Waals surface area contributed by atoms with Crippen LogP contribution in [0.3, 0.4) is 0 Å². The van der Waals surface area contributed by atoms with Gasteiger partial charge in [-0.1, -0.05) is 60.1 Å². The molecule has 0 unspecified atom stereocenters. The summed E-state index contributed by atoms with van der Waals surface area (Å²) in [6, 6.07) is 0. The maximum absolute atomic E-state index is 12.8. The third-order valence-corrected chi connectivity index (χ3v) is 13.2. The topological polar surface area (TPSA) is 98.0 Å². The number of aliphatic hydroxyl groups excluding tert-OH is 3. The molecule has 35 heavy (non-hydrogen) atoms. The second-order valence-corrected chi connectivity index (χ2v) is 15.2. The SMILES string of the molecule is CC1(C)CC[C@]2(C(=O)O)CC[C@]3(C)C(=CC[C@@H]4[C@@]5(C)C[C@@H](O)[C@@H](O)C(C)(C)[C@H]5CC[C@]43C)[C@H]2[C@@H]1O. The molecular weight excluding hydrogens is 440 g/mol. The van der Waals surface area contributed by atoms with Gasteiger partial charge < -0.3 is 20.4 Å². The summed E-state index contributed by atoms with van der Waals surface area (Å²) < 4.78 is 0. The molecule has 5 nitrogen and oxygen atoms in total. The third-order valence-electron chi connectivity index (χ3n) is 13.2. The summed E-state index contributed by atoms with van der Waals surface area (Å²) in [5.74, 6) is -0.420. The van der Waals surface area contributed by atoms with Crippen molar-refractivity contribution in [2.45, 2.75) is 118 Å². The standard InChI is InChI=1S/C30H48O5/c1-25(2)12-14-30(24(34)35)15-13-28(6)17(21(30)23(25)33)8-9-20-27(5)16-18(31)22(32)26(3,4)19(27)10-11-29(20,28)7/h8,18-23,31-33H,9-16H2,1-7H3,(H,34,35)/t18-,19-,20-,21+,22-,23+,27+,28-,29-,30+/m1/s1. The molecule has 0 aromatic heterocycles. The van der Waals surface area contributed by atoms with Crippen LogP contribution in [0.15, 0.2) is 11.6 Å². The van der Waals surface area contributed by atoms with E-state index in [1.54, 1.807) is 0 Å². The lowest BCUT2D eigenvalue weighted by Crippen LogP contribution is -2.68. The Morgan fingerprint density at radius 2 is 1.49 bits per heavy atom. The quantitative estimate of drug-likeness (QED) is 0.382. The van der Waals surface area contributed by atoms with Gasteiger partial charge >= 0.3 is 5.97 Å². The van der Waals surface area contributed by atoms with Crippen molar-refractivity contribution in [2.75, 3.05) is 0 Å². The molecular formula is C30H48O5. The van der Waals surface area contributed by atoms with Gasteiger partial charge in [-0.05, 0) is 90.3 Å². The van der Waals surface area contributed by atoms with Gasteiger partial charge in [0.1, 0.15) is 0 Å². The maximum Gasteiger partial charge on any atom is 0.310 e. The van der Waals surface area contributed by atoms with Crippen LogP contribution in [0.4, 0.5) is 0 Å². The Bertz CT molecular complexity index is 952. The fourth-order valence-electron chi connectivity index (χ4n) is 10.7. The second kappa shape index (κ2) is 7.35. The Labute approximate surface area is 211 Å². The van der Waals surface area contributed by atoms with Gasteiger partial charge in [-0.2, -0.15) is 0 Å². The van der Waals surface area contributed by atoms with Gasteiger partial charge in [0.15, 0.2) is 0 Å². The lowest BCUT2D eigenvalue weighted by molar-refractivity contribution is -0.234. The second-order valence-electron chi connectivity index (χ2n) is 15.2. The van der Waals surface area contributed by atoms with E-state index in [2.05, 4.69) is 54.5 Å². The fourth-order valence-corrected chi connectivity index (χ4v) is 10.7. The van der Waals surface area contributed by atoms with Crippen LogP contribution in [0, 0.1) is 50.2 Å². The van der Waals surface area contributed by atoms with Crippen LogP contribution in [0.5, 0.6) is 0 Å².